The van der Waals surface area contributed by atoms with Crippen LogP contribution in [-0.2, 0) is 9.59 Å². The summed E-state index contributed by atoms with van der Waals surface area (Å²) >= 11 is 3.23. The van der Waals surface area contributed by atoms with Gasteiger partial charge in [0.05, 0.1) is 6.42 Å². The molecule has 0 aliphatic rings. The fourth-order valence-corrected chi connectivity index (χ4v) is 1.37. The maximum absolute atomic E-state index is 11.6. The molecule has 0 aliphatic carbocycles. The molecule has 1 rings (SSSR count). The largest absolute Gasteiger partial charge is 0.481 e. The Labute approximate surface area is 123 Å². The van der Waals surface area contributed by atoms with Crippen LogP contribution >= 0.6 is 15.9 Å². The van der Waals surface area contributed by atoms with Gasteiger partial charge in [0.1, 0.15) is 17.5 Å². The van der Waals surface area contributed by atoms with Crippen LogP contribution in [0.1, 0.15) is 6.42 Å². The van der Waals surface area contributed by atoms with Gasteiger partial charge in [-0.3, -0.25) is 9.59 Å². The number of aliphatic carboxylic acids is 1. The Bertz CT molecular complexity index is 563. The second-order valence-corrected chi connectivity index (χ2v) is 4.49. The summed E-state index contributed by atoms with van der Waals surface area (Å²) < 4.78 is 0.805. The lowest BCUT2D eigenvalue weighted by molar-refractivity contribution is -0.136. The number of amides is 1. The third kappa shape index (κ3) is 5.49. The molecule has 104 valence electrons. The normalized spacial score (nSPS) is 10.5. The highest BCUT2D eigenvalue weighted by molar-refractivity contribution is 9.10. The third-order valence-corrected chi connectivity index (χ3v) is 2.55. The minimum atomic E-state index is -1.02. The lowest BCUT2D eigenvalue weighted by Gasteiger charge is -2.03. The monoisotopic (exact) mass is 338 g/mol. The molecular weight excluding hydrogens is 328 g/mol. The Morgan fingerprint density at radius 3 is 2.80 bits per heavy atom. The van der Waals surface area contributed by atoms with E-state index >= 15 is 0 Å². The van der Waals surface area contributed by atoms with Crippen molar-refractivity contribution in [2.45, 2.75) is 6.42 Å². The number of anilines is 1. The molecule has 0 atom stereocenters. The molecule has 1 aromatic rings. The first-order valence-corrected chi connectivity index (χ1v) is 6.30. The van der Waals surface area contributed by atoms with Gasteiger partial charge in [-0.15, -0.1) is 0 Å². The highest BCUT2D eigenvalue weighted by atomic mass is 79.9. The van der Waals surface area contributed by atoms with Crippen LogP contribution in [0.15, 0.2) is 34.6 Å². The molecule has 1 aromatic heterocycles. The molecule has 8 heteroatoms. The Hall–Kier alpha value is -2.40. The lowest BCUT2D eigenvalue weighted by Crippen LogP contribution is -2.27. The van der Waals surface area contributed by atoms with E-state index in [1.807, 2.05) is 0 Å². The van der Waals surface area contributed by atoms with E-state index in [-0.39, 0.29) is 18.5 Å². The van der Waals surface area contributed by atoms with Crippen LogP contribution in [0.4, 0.5) is 5.82 Å². The molecular formula is C12H11BrN4O3. The standard InChI is InChI=1S/C12H11BrN4O3/c13-9-1-2-10(17-7-9)16-6-8(5-14)12(20)15-4-3-11(18)19/h1-2,6-7H,3-4H2,(H,15,20)(H,16,17)(H,18,19)/b8-6-. The van der Waals surface area contributed by atoms with Crippen LogP contribution in [0.3, 0.4) is 0 Å². The number of nitriles is 1. The summed E-state index contributed by atoms with van der Waals surface area (Å²) in [6, 6.07) is 5.14. The smallest absolute Gasteiger partial charge is 0.305 e. The van der Waals surface area contributed by atoms with Crippen LogP contribution in [0.25, 0.3) is 0 Å². The van der Waals surface area contributed by atoms with Gasteiger partial charge in [0, 0.05) is 23.4 Å². The number of rotatable bonds is 6. The number of nitrogens with one attached hydrogen (secondary N) is 2. The third-order valence-electron chi connectivity index (χ3n) is 2.08. The predicted octanol–water partition coefficient (Wildman–Crippen LogP) is 1.25. The molecule has 1 heterocycles. The Kier molecular flexibility index (Phi) is 6.19. The molecule has 0 unspecified atom stereocenters. The zero-order chi connectivity index (χ0) is 15.0. The SMILES string of the molecule is N#C/C(=C/Nc1ccc(Br)cn1)C(=O)NCCC(=O)O. The number of carbonyl (C=O) groups is 2. The second kappa shape index (κ2) is 7.91. The number of pyridine rings is 1. The molecule has 0 aliphatic heterocycles. The molecule has 0 saturated heterocycles. The minimum absolute atomic E-state index is 0.0380. The van der Waals surface area contributed by atoms with E-state index in [9.17, 15) is 9.59 Å². The van der Waals surface area contributed by atoms with E-state index in [0.29, 0.717) is 5.82 Å². The summed E-state index contributed by atoms with van der Waals surface area (Å²) in [7, 11) is 0. The number of nitrogens with zero attached hydrogens (tertiary/aromatic N) is 2. The van der Waals surface area contributed by atoms with E-state index in [0.717, 1.165) is 4.47 Å². The van der Waals surface area contributed by atoms with Gasteiger partial charge in [0.25, 0.3) is 5.91 Å². The average Bonchev–Trinajstić information content (AvgIpc) is 2.41. The topological polar surface area (TPSA) is 115 Å². The molecule has 7 nitrogen and oxygen atoms in total. The van der Waals surface area contributed by atoms with Gasteiger partial charge in [-0.2, -0.15) is 5.26 Å². The van der Waals surface area contributed by atoms with Crippen molar-refractivity contribution >= 4 is 33.6 Å². The highest BCUT2D eigenvalue weighted by Crippen LogP contribution is 2.10. The quantitative estimate of drug-likeness (QED) is 0.531. The molecule has 0 fully saturated rings. The minimum Gasteiger partial charge on any atom is -0.481 e. The van der Waals surface area contributed by atoms with Gasteiger partial charge in [0.15, 0.2) is 0 Å². The summed E-state index contributed by atoms with van der Waals surface area (Å²) in [5, 5.41) is 22.3. The van der Waals surface area contributed by atoms with Gasteiger partial charge in [-0.05, 0) is 28.1 Å². The molecule has 0 radical (unpaired) electrons. The molecule has 1 amide bonds. The van der Waals surface area contributed by atoms with Crippen molar-refractivity contribution in [3.8, 4) is 6.07 Å². The lowest BCUT2D eigenvalue weighted by atomic mass is 10.3. The summed E-state index contributed by atoms with van der Waals surface area (Å²) in [5.41, 5.74) is -0.167. The Balaban J connectivity index is 2.58. The van der Waals surface area contributed by atoms with Gasteiger partial charge < -0.3 is 15.7 Å². The summed E-state index contributed by atoms with van der Waals surface area (Å²) in [6.45, 7) is -0.0380. The number of carboxylic acids is 1. The second-order valence-electron chi connectivity index (χ2n) is 3.58. The van der Waals surface area contributed by atoms with Crippen LogP contribution < -0.4 is 10.6 Å². The Morgan fingerprint density at radius 1 is 1.50 bits per heavy atom. The van der Waals surface area contributed by atoms with E-state index in [4.69, 9.17) is 10.4 Å². The van der Waals surface area contributed by atoms with Crippen molar-refractivity contribution in [3.05, 3.63) is 34.6 Å². The maximum atomic E-state index is 11.6. The van der Waals surface area contributed by atoms with Crippen LogP contribution in [0.2, 0.25) is 0 Å². The van der Waals surface area contributed by atoms with E-state index in [1.165, 1.54) is 6.20 Å². The fraction of sp³-hybridized carbons (Fsp3) is 0.167. The van der Waals surface area contributed by atoms with Crippen molar-refractivity contribution < 1.29 is 14.7 Å². The molecule has 0 bridgehead atoms. The van der Waals surface area contributed by atoms with Gasteiger partial charge in [-0.1, -0.05) is 0 Å². The van der Waals surface area contributed by atoms with Gasteiger partial charge >= 0.3 is 5.97 Å². The van der Waals surface area contributed by atoms with E-state index in [2.05, 4.69) is 31.5 Å². The van der Waals surface area contributed by atoms with Gasteiger partial charge in [0.2, 0.25) is 0 Å². The fourth-order valence-electron chi connectivity index (χ4n) is 1.13. The number of aromatic nitrogens is 1. The molecule has 0 aromatic carbocycles. The van der Waals surface area contributed by atoms with Crippen LogP contribution in [0.5, 0.6) is 0 Å². The molecule has 3 N–H and O–H groups in total. The molecule has 20 heavy (non-hydrogen) atoms. The van der Waals surface area contributed by atoms with Crippen molar-refractivity contribution in [1.29, 1.82) is 5.26 Å². The van der Waals surface area contributed by atoms with Crippen molar-refractivity contribution in [1.82, 2.24) is 10.3 Å². The zero-order valence-electron chi connectivity index (χ0n) is 10.3. The van der Waals surface area contributed by atoms with Crippen LogP contribution in [-0.4, -0.2) is 28.5 Å². The van der Waals surface area contributed by atoms with Crippen molar-refractivity contribution in [2.75, 3.05) is 11.9 Å². The van der Waals surface area contributed by atoms with Crippen LogP contribution in [0, 0.1) is 11.3 Å². The molecule has 0 spiro atoms. The summed E-state index contributed by atoms with van der Waals surface area (Å²) in [5.74, 6) is -1.19. The zero-order valence-corrected chi connectivity index (χ0v) is 11.8. The van der Waals surface area contributed by atoms with Crippen molar-refractivity contribution in [3.63, 3.8) is 0 Å². The average molecular weight is 339 g/mol. The number of halogens is 1. The number of carbonyl (C=O) groups excluding carboxylic acids is 1. The van der Waals surface area contributed by atoms with Gasteiger partial charge in [-0.25, -0.2) is 4.98 Å². The summed E-state index contributed by atoms with van der Waals surface area (Å²) in [6.07, 6.45) is 2.58. The first kappa shape index (κ1) is 15.7. The van der Waals surface area contributed by atoms with Crippen molar-refractivity contribution in [2.24, 2.45) is 0 Å². The molecule has 0 saturated carbocycles. The number of hydrogen-bond donors (Lipinski definition) is 3. The highest BCUT2D eigenvalue weighted by Gasteiger charge is 2.08. The first-order valence-electron chi connectivity index (χ1n) is 5.51. The number of hydrogen-bond acceptors (Lipinski definition) is 5. The number of carboxylic acid groups (broad SMARTS) is 1. The summed E-state index contributed by atoms with van der Waals surface area (Å²) in [4.78, 5) is 25.9. The maximum Gasteiger partial charge on any atom is 0.305 e. The Morgan fingerprint density at radius 2 is 2.25 bits per heavy atom. The van der Waals surface area contributed by atoms with E-state index < -0.39 is 11.9 Å². The first-order chi connectivity index (χ1) is 9.52. The predicted molar refractivity (Wildman–Crippen MR) is 74.5 cm³/mol. The van der Waals surface area contributed by atoms with E-state index in [1.54, 1.807) is 24.4 Å².